The van der Waals surface area contributed by atoms with Crippen molar-refractivity contribution in [1.29, 1.82) is 0 Å². The number of hydrogen-bond acceptors (Lipinski definition) is 12. The number of hydrogen-bond donors (Lipinski definition) is 3. The summed E-state index contributed by atoms with van der Waals surface area (Å²) in [6.07, 6.45) is 5.03. The predicted molar refractivity (Wildman–Crippen MR) is 146 cm³/mol. The van der Waals surface area contributed by atoms with Crippen LogP contribution in [-0.2, 0) is 0 Å². The maximum Gasteiger partial charge on any atom is 0.199 e. The summed E-state index contributed by atoms with van der Waals surface area (Å²) in [6, 6.07) is 1.64. The average molecular weight is 561 g/mol. The standard InChI is InChI=1S/C24H29ClN8O2S2/c1-23(2,34)13-10-33(11-13)20-16(25)14(3-6-28-20)37-21-19(27)31-15(9-29-21)32-7-4-24(5-8-32)18(26)17-22(35-24)36-12-30-17/h3,6,9,12-13,18,34H,4-5,7-8,10-11,26H2,1-2H3,(H2,27,31)/t18-/m1/s1. The largest absolute Gasteiger partial charge is 0.474 e. The Morgan fingerprint density at radius 1 is 1.22 bits per heavy atom. The van der Waals surface area contributed by atoms with E-state index in [9.17, 15) is 5.11 Å². The van der Waals surface area contributed by atoms with Gasteiger partial charge >= 0.3 is 0 Å². The van der Waals surface area contributed by atoms with Crippen molar-refractivity contribution >= 4 is 52.2 Å². The lowest BCUT2D eigenvalue weighted by Gasteiger charge is -2.46. The molecule has 3 aromatic heterocycles. The number of nitrogen functional groups attached to an aromatic ring is 1. The molecule has 2 fully saturated rings. The third kappa shape index (κ3) is 4.38. The topological polar surface area (TPSA) is 140 Å². The van der Waals surface area contributed by atoms with Crippen LogP contribution in [0.15, 0.2) is 33.9 Å². The highest BCUT2D eigenvalue weighted by Crippen LogP contribution is 2.49. The molecule has 6 rings (SSSR count). The van der Waals surface area contributed by atoms with Crippen molar-refractivity contribution in [3.63, 3.8) is 0 Å². The van der Waals surface area contributed by atoms with Gasteiger partial charge in [-0.15, -0.1) is 0 Å². The first kappa shape index (κ1) is 24.9. The Kier molecular flexibility index (Phi) is 6.15. The van der Waals surface area contributed by atoms with Gasteiger partial charge in [0.2, 0.25) is 0 Å². The number of anilines is 3. The van der Waals surface area contributed by atoms with Gasteiger partial charge in [0, 0.05) is 56.0 Å². The van der Waals surface area contributed by atoms with Crippen molar-refractivity contribution in [3.05, 3.63) is 34.7 Å². The highest BCUT2D eigenvalue weighted by Gasteiger charge is 2.50. The van der Waals surface area contributed by atoms with Gasteiger partial charge in [0.1, 0.15) is 28.0 Å². The quantitative estimate of drug-likeness (QED) is 0.423. The molecular formula is C24H29ClN8O2S2. The van der Waals surface area contributed by atoms with Crippen molar-refractivity contribution in [1.82, 2.24) is 19.9 Å². The highest BCUT2D eigenvalue weighted by atomic mass is 35.5. The zero-order valence-electron chi connectivity index (χ0n) is 20.6. The van der Waals surface area contributed by atoms with Gasteiger partial charge in [0.05, 0.1) is 28.4 Å². The van der Waals surface area contributed by atoms with E-state index < -0.39 is 11.2 Å². The summed E-state index contributed by atoms with van der Waals surface area (Å²) in [4.78, 5) is 23.2. The Morgan fingerprint density at radius 2 is 1.97 bits per heavy atom. The molecule has 1 spiro atoms. The van der Waals surface area contributed by atoms with Crippen LogP contribution in [0.5, 0.6) is 5.06 Å². The maximum atomic E-state index is 10.2. The number of ether oxygens (including phenoxy) is 1. The number of rotatable bonds is 5. The lowest BCUT2D eigenvalue weighted by atomic mass is 9.84. The second kappa shape index (κ2) is 9.12. The van der Waals surface area contributed by atoms with E-state index in [4.69, 9.17) is 27.8 Å². The van der Waals surface area contributed by atoms with Crippen LogP contribution in [0.25, 0.3) is 0 Å². The molecule has 196 valence electrons. The van der Waals surface area contributed by atoms with Gasteiger partial charge < -0.3 is 31.1 Å². The van der Waals surface area contributed by atoms with E-state index in [0.29, 0.717) is 34.8 Å². The molecule has 3 aliphatic heterocycles. The third-order valence-corrected chi connectivity index (χ3v) is 9.90. The number of piperidine rings is 1. The maximum absolute atomic E-state index is 10.2. The summed E-state index contributed by atoms with van der Waals surface area (Å²) in [5, 5.41) is 12.2. The van der Waals surface area contributed by atoms with Crippen LogP contribution in [0.1, 0.15) is 38.4 Å². The molecule has 0 saturated carbocycles. The Morgan fingerprint density at radius 3 is 2.65 bits per heavy atom. The van der Waals surface area contributed by atoms with Gasteiger partial charge in [-0.05, 0) is 19.9 Å². The summed E-state index contributed by atoms with van der Waals surface area (Å²) < 4.78 is 6.26. The Balaban J connectivity index is 1.12. The lowest BCUT2D eigenvalue weighted by Crippen LogP contribution is -2.56. The zero-order valence-corrected chi connectivity index (χ0v) is 23.0. The van der Waals surface area contributed by atoms with Crippen molar-refractivity contribution in [2.75, 3.05) is 41.7 Å². The van der Waals surface area contributed by atoms with E-state index in [2.05, 4.69) is 29.7 Å². The summed E-state index contributed by atoms with van der Waals surface area (Å²) >= 11 is 9.59. The predicted octanol–water partition coefficient (Wildman–Crippen LogP) is 3.35. The van der Waals surface area contributed by atoms with E-state index in [0.717, 1.165) is 47.4 Å². The monoisotopic (exact) mass is 560 g/mol. The molecular weight excluding hydrogens is 532 g/mol. The minimum atomic E-state index is -0.725. The minimum Gasteiger partial charge on any atom is -0.474 e. The van der Waals surface area contributed by atoms with Crippen LogP contribution in [0.4, 0.5) is 17.5 Å². The first-order chi connectivity index (χ1) is 17.6. The number of nitrogens with zero attached hydrogens (tertiary/aromatic N) is 6. The molecule has 1 atom stereocenters. The van der Waals surface area contributed by atoms with Crippen LogP contribution in [0, 0.1) is 5.92 Å². The second-order valence-corrected chi connectivity index (χ2v) is 12.6. The SMILES string of the molecule is CC(C)(O)C1CN(c2nccc(Sc3ncc(N4CCC5(CC4)Oc4scnc4[C@H]5N)nc3N)c2Cl)C1. The number of halogens is 1. The van der Waals surface area contributed by atoms with E-state index in [1.807, 2.05) is 19.9 Å². The number of nitrogens with two attached hydrogens (primary N) is 2. The van der Waals surface area contributed by atoms with Gasteiger partial charge in [0.15, 0.2) is 10.9 Å². The van der Waals surface area contributed by atoms with Crippen molar-refractivity contribution in [3.8, 4) is 5.06 Å². The van der Waals surface area contributed by atoms with Gasteiger partial charge in [-0.2, -0.15) is 0 Å². The normalized spacial score (nSPS) is 21.2. The van der Waals surface area contributed by atoms with Crippen LogP contribution in [-0.4, -0.2) is 62.4 Å². The molecule has 6 heterocycles. The van der Waals surface area contributed by atoms with E-state index in [1.54, 1.807) is 17.9 Å². The molecule has 37 heavy (non-hydrogen) atoms. The second-order valence-electron chi connectivity index (χ2n) is 10.4. The molecule has 0 unspecified atom stereocenters. The Hall–Kier alpha value is -2.38. The fourth-order valence-corrected chi connectivity index (χ4v) is 6.98. The lowest BCUT2D eigenvalue weighted by molar-refractivity contribution is 0.00438. The number of aliphatic hydroxyl groups is 1. The summed E-state index contributed by atoms with van der Waals surface area (Å²) in [7, 11) is 0. The molecule has 3 aromatic rings. The fourth-order valence-electron chi connectivity index (χ4n) is 5.08. The Bertz CT molecular complexity index is 1320. The molecule has 0 aromatic carbocycles. The number of aromatic nitrogens is 4. The van der Waals surface area contributed by atoms with Crippen LogP contribution >= 0.6 is 34.7 Å². The minimum absolute atomic E-state index is 0.181. The van der Waals surface area contributed by atoms with E-state index in [-0.39, 0.29) is 12.0 Å². The highest BCUT2D eigenvalue weighted by molar-refractivity contribution is 7.99. The van der Waals surface area contributed by atoms with Crippen LogP contribution in [0.2, 0.25) is 5.02 Å². The average Bonchev–Trinajstić information content (AvgIpc) is 3.37. The van der Waals surface area contributed by atoms with Crippen molar-refractivity contribution < 1.29 is 9.84 Å². The van der Waals surface area contributed by atoms with E-state index >= 15 is 0 Å². The van der Waals surface area contributed by atoms with Gasteiger partial charge in [-0.1, -0.05) is 34.7 Å². The number of thiazole rings is 1. The number of fused-ring (bicyclic) bond motifs is 1. The molecule has 0 aliphatic carbocycles. The fraction of sp³-hybridized carbons (Fsp3) is 0.500. The summed E-state index contributed by atoms with van der Waals surface area (Å²) in [5.74, 6) is 1.97. The molecule has 0 bridgehead atoms. The third-order valence-electron chi connectivity index (χ3n) is 7.63. The summed E-state index contributed by atoms with van der Waals surface area (Å²) in [5.41, 5.74) is 14.4. The van der Waals surface area contributed by atoms with E-state index in [1.165, 1.54) is 23.1 Å². The molecule has 0 radical (unpaired) electrons. The Labute approximate surface area is 228 Å². The molecule has 3 aliphatic rings. The van der Waals surface area contributed by atoms with Crippen molar-refractivity contribution in [2.24, 2.45) is 11.7 Å². The van der Waals surface area contributed by atoms with Gasteiger partial charge in [-0.3, -0.25) is 0 Å². The van der Waals surface area contributed by atoms with Gasteiger partial charge in [-0.25, -0.2) is 19.9 Å². The molecule has 2 saturated heterocycles. The number of pyridine rings is 1. The van der Waals surface area contributed by atoms with Crippen molar-refractivity contribution in [2.45, 2.75) is 53.9 Å². The first-order valence-corrected chi connectivity index (χ1v) is 14.3. The molecule has 0 amide bonds. The van der Waals surface area contributed by atoms with Crippen LogP contribution in [0.3, 0.4) is 0 Å². The first-order valence-electron chi connectivity index (χ1n) is 12.2. The summed E-state index contributed by atoms with van der Waals surface area (Å²) in [6.45, 7) is 6.56. The van der Waals surface area contributed by atoms with Crippen LogP contribution < -0.4 is 26.0 Å². The smallest absolute Gasteiger partial charge is 0.199 e. The zero-order chi connectivity index (χ0) is 25.9. The molecule has 5 N–H and O–H groups in total. The molecule has 10 nitrogen and oxygen atoms in total. The van der Waals surface area contributed by atoms with Gasteiger partial charge in [0.25, 0.3) is 0 Å². The molecule has 13 heteroatoms.